The average Bonchev–Trinajstić information content (AvgIpc) is 2.76. The van der Waals surface area contributed by atoms with E-state index in [-0.39, 0.29) is 12.4 Å². The van der Waals surface area contributed by atoms with Crippen molar-refractivity contribution in [3.05, 3.63) is 40.7 Å². The van der Waals surface area contributed by atoms with Crippen molar-refractivity contribution < 1.29 is 0 Å². The number of hydrogen-bond acceptors (Lipinski definition) is 3. The van der Waals surface area contributed by atoms with E-state index < -0.39 is 0 Å². The standard InChI is InChI=1S/C12H14N2S.ClH/c13-8-4-7-12-14-11(9-15-12)10-5-2-1-3-6-10;/h1-3,5-6,9H,4,7-8,13H2;1H. The van der Waals surface area contributed by atoms with Crippen LogP contribution in [0.1, 0.15) is 11.4 Å². The first-order chi connectivity index (χ1) is 7.40. The summed E-state index contributed by atoms with van der Waals surface area (Å²) in [6, 6.07) is 10.3. The predicted molar refractivity (Wildman–Crippen MR) is 72.2 cm³/mol. The molecule has 0 spiro atoms. The van der Waals surface area contributed by atoms with Crippen molar-refractivity contribution in [1.82, 2.24) is 4.98 Å². The second kappa shape index (κ2) is 6.63. The number of thiazole rings is 1. The van der Waals surface area contributed by atoms with Gasteiger partial charge >= 0.3 is 0 Å². The third-order valence-corrected chi connectivity index (χ3v) is 3.12. The number of rotatable bonds is 4. The summed E-state index contributed by atoms with van der Waals surface area (Å²) < 4.78 is 0. The van der Waals surface area contributed by atoms with Gasteiger partial charge in [-0.05, 0) is 13.0 Å². The van der Waals surface area contributed by atoms with E-state index in [1.165, 1.54) is 10.6 Å². The zero-order valence-electron chi connectivity index (χ0n) is 8.93. The monoisotopic (exact) mass is 254 g/mol. The van der Waals surface area contributed by atoms with Crippen LogP contribution in [0.4, 0.5) is 0 Å². The molecule has 1 heterocycles. The van der Waals surface area contributed by atoms with Gasteiger partial charge in [0.15, 0.2) is 0 Å². The molecule has 0 aliphatic rings. The fourth-order valence-electron chi connectivity index (χ4n) is 1.42. The van der Waals surface area contributed by atoms with E-state index in [1.54, 1.807) is 11.3 Å². The predicted octanol–water partition coefficient (Wildman–Crippen LogP) is 3.12. The Morgan fingerprint density at radius 3 is 2.62 bits per heavy atom. The highest BCUT2D eigenvalue weighted by Gasteiger charge is 2.02. The van der Waals surface area contributed by atoms with Crippen molar-refractivity contribution in [1.29, 1.82) is 0 Å². The summed E-state index contributed by atoms with van der Waals surface area (Å²) >= 11 is 1.72. The molecule has 2 rings (SSSR count). The number of aryl methyl sites for hydroxylation is 1. The highest BCUT2D eigenvalue weighted by atomic mass is 35.5. The maximum Gasteiger partial charge on any atom is 0.0933 e. The number of halogens is 1. The van der Waals surface area contributed by atoms with Crippen LogP contribution in [-0.2, 0) is 6.42 Å². The molecule has 0 atom stereocenters. The molecule has 0 amide bonds. The van der Waals surface area contributed by atoms with E-state index in [0.717, 1.165) is 25.1 Å². The number of hydrogen-bond donors (Lipinski definition) is 1. The highest BCUT2D eigenvalue weighted by Crippen LogP contribution is 2.21. The largest absolute Gasteiger partial charge is 0.330 e. The Kier molecular flexibility index (Phi) is 5.46. The summed E-state index contributed by atoms with van der Waals surface area (Å²) in [6.45, 7) is 0.736. The minimum atomic E-state index is 0. The zero-order valence-corrected chi connectivity index (χ0v) is 10.6. The minimum Gasteiger partial charge on any atom is -0.330 e. The third kappa shape index (κ3) is 3.30. The Bertz CT molecular complexity index is 414. The van der Waals surface area contributed by atoms with Crippen molar-refractivity contribution in [2.45, 2.75) is 12.8 Å². The van der Waals surface area contributed by atoms with Gasteiger partial charge in [0.2, 0.25) is 0 Å². The van der Waals surface area contributed by atoms with Crippen LogP contribution in [0.3, 0.4) is 0 Å². The molecule has 0 radical (unpaired) electrons. The van der Waals surface area contributed by atoms with Crippen LogP contribution in [0.25, 0.3) is 11.3 Å². The molecule has 1 aromatic heterocycles. The maximum absolute atomic E-state index is 5.47. The SMILES string of the molecule is Cl.NCCCc1nc(-c2ccccc2)cs1. The Hall–Kier alpha value is -0.900. The van der Waals surface area contributed by atoms with Crippen LogP contribution >= 0.6 is 23.7 Å². The molecule has 2 nitrogen and oxygen atoms in total. The van der Waals surface area contributed by atoms with Gasteiger partial charge in [0.05, 0.1) is 10.7 Å². The molecule has 0 bridgehead atoms. The summed E-state index contributed by atoms with van der Waals surface area (Å²) in [5, 5.41) is 3.29. The average molecular weight is 255 g/mol. The van der Waals surface area contributed by atoms with Crippen LogP contribution < -0.4 is 5.73 Å². The summed E-state index contributed by atoms with van der Waals surface area (Å²) in [4.78, 5) is 4.58. The lowest BCUT2D eigenvalue weighted by atomic mass is 10.2. The van der Waals surface area contributed by atoms with E-state index >= 15 is 0 Å². The first-order valence-corrected chi connectivity index (χ1v) is 5.98. The topological polar surface area (TPSA) is 38.9 Å². The van der Waals surface area contributed by atoms with Gasteiger partial charge in [0, 0.05) is 17.4 Å². The Morgan fingerprint density at radius 2 is 1.94 bits per heavy atom. The van der Waals surface area contributed by atoms with Crippen LogP contribution in [-0.4, -0.2) is 11.5 Å². The van der Waals surface area contributed by atoms with Crippen LogP contribution in [0, 0.1) is 0 Å². The maximum atomic E-state index is 5.47. The number of nitrogens with zero attached hydrogens (tertiary/aromatic N) is 1. The lowest BCUT2D eigenvalue weighted by Crippen LogP contribution is -1.99. The minimum absolute atomic E-state index is 0. The second-order valence-electron chi connectivity index (χ2n) is 3.38. The molecule has 0 saturated heterocycles. The first kappa shape index (κ1) is 13.2. The Morgan fingerprint density at radius 1 is 1.19 bits per heavy atom. The van der Waals surface area contributed by atoms with E-state index in [1.807, 2.05) is 18.2 Å². The van der Waals surface area contributed by atoms with Gasteiger partial charge in [-0.25, -0.2) is 4.98 Å². The van der Waals surface area contributed by atoms with Gasteiger partial charge in [0.1, 0.15) is 0 Å². The molecule has 2 aromatic rings. The van der Waals surface area contributed by atoms with Crippen LogP contribution in [0.2, 0.25) is 0 Å². The van der Waals surface area contributed by atoms with Crippen molar-refractivity contribution >= 4 is 23.7 Å². The lowest BCUT2D eigenvalue weighted by molar-refractivity contribution is 0.827. The van der Waals surface area contributed by atoms with Crippen molar-refractivity contribution in [2.24, 2.45) is 5.73 Å². The van der Waals surface area contributed by atoms with E-state index in [9.17, 15) is 0 Å². The van der Waals surface area contributed by atoms with Gasteiger partial charge in [-0.2, -0.15) is 0 Å². The van der Waals surface area contributed by atoms with Crippen LogP contribution in [0.5, 0.6) is 0 Å². The molecule has 0 unspecified atom stereocenters. The Balaban J connectivity index is 0.00000128. The summed E-state index contributed by atoms with van der Waals surface area (Å²) in [7, 11) is 0. The van der Waals surface area contributed by atoms with Crippen molar-refractivity contribution in [3.8, 4) is 11.3 Å². The molecule has 1 aromatic carbocycles. The smallest absolute Gasteiger partial charge is 0.0933 e. The van der Waals surface area contributed by atoms with Crippen LogP contribution in [0.15, 0.2) is 35.7 Å². The van der Waals surface area contributed by atoms with E-state index in [4.69, 9.17) is 5.73 Å². The molecule has 16 heavy (non-hydrogen) atoms. The molecule has 86 valence electrons. The summed E-state index contributed by atoms with van der Waals surface area (Å²) in [5.41, 5.74) is 7.74. The summed E-state index contributed by atoms with van der Waals surface area (Å²) in [6.07, 6.45) is 2.01. The lowest BCUT2D eigenvalue weighted by Gasteiger charge is -1.94. The normalized spacial score (nSPS) is 9.81. The number of aromatic nitrogens is 1. The molecular formula is C12H15ClN2S. The number of benzene rings is 1. The van der Waals surface area contributed by atoms with E-state index in [0.29, 0.717) is 0 Å². The van der Waals surface area contributed by atoms with E-state index in [2.05, 4.69) is 22.5 Å². The van der Waals surface area contributed by atoms with Gasteiger partial charge in [-0.15, -0.1) is 23.7 Å². The summed E-state index contributed by atoms with van der Waals surface area (Å²) in [5.74, 6) is 0. The number of nitrogens with two attached hydrogens (primary N) is 1. The Labute approximate surface area is 106 Å². The molecule has 0 fully saturated rings. The molecule has 0 aliphatic heterocycles. The quantitative estimate of drug-likeness (QED) is 0.911. The molecular weight excluding hydrogens is 240 g/mol. The first-order valence-electron chi connectivity index (χ1n) is 5.10. The third-order valence-electron chi connectivity index (χ3n) is 2.22. The van der Waals surface area contributed by atoms with Gasteiger partial charge in [-0.1, -0.05) is 30.3 Å². The fourth-order valence-corrected chi connectivity index (χ4v) is 2.27. The molecule has 0 saturated carbocycles. The molecule has 4 heteroatoms. The van der Waals surface area contributed by atoms with Crippen molar-refractivity contribution in [2.75, 3.05) is 6.54 Å². The zero-order chi connectivity index (χ0) is 10.5. The van der Waals surface area contributed by atoms with Gasteiger partial charge in [0.25, 0.3) is 0 Å². The molecule has 0 aliphatic carbocycles. The molecule has 2 N–H and O–H groups in total. The van der Waals surface area contributed by atoms with Crippen molar-refractivity contribution in [3.63, 3.8) is 0 Å². The second-order valence-corrected chi connectivity index (χ2v) is 4.33. The van der Waals surface area contributed by atoms with Gasteiger partial charge in [-0.3, -0.25) is 0 Å². The fraction of sp³-hybridized carbons (Fsp3) is 0.250. The van der Waals surface area contributed by atoms with Gasteiger partial charge < -0.3 is 5.73 Å². The highest BCUT2D eigenvalue weighted by molar-refractivity contribution is 7.09.